The number of hydrogen-bond acceptors (Lipinski definition) is 2. The predicted octanol–water partition coefficient (Wildman–Crippen LogP) is 3.17. The van der Waals surface area contributed by atoms with Gasteiger partial charge in [0.1, 0.15) is 12.4 Å². The molecule has 0 spiro atoms. The van der Waals surface area contributed by atoms with Gasteiger partial charge in [-0.05, 0) is 41.0 Å². The van der Waals surface area contributed by atoms with E-state index in [-0.39, 0.29) is 11.6 Å². The van der Waals surface area contributed by atoms with Crippen LogP contribution in [-0.2, 0) is 12.0 Å². The number of fused-ring (bicyclic) bond motifs is 1. The van der Waals surface area contributed by atoms with Crippen LogP contribution in [0.5, 0.6) is 0 Å². The van der Waals surface area contributed by atoms with Crippen molar-refractivity contribution in [2.45, 2.75) is 24.9 Å². The molecule has 0 radical (unpaired) electrons. The SMILES string of the molecule is O=C(CCC[NH+]1CCc2ccccc2[C@@](O)(c2ccccc2)C1)c1ccc(F)cc1. The highest BCUT2D eigenvalue weighted by molar-refractivity contribution is 5.95. The number of hydrogen-bond donors (Lipinski definition) is 2. The Labute approximate surface area is 176 Å². The molecule has 1 aliphatic heterocycles. The quantitative estimate of drug-likeness (QED) is 0.620. The molecular weight excluding hydrogens is 377 g/mol. The van der Waals surface area contributed by atoms with E-state index in [2.05, 4.69) is 6.07 Å². The van der Waals surface area contributed by atoms with Gasteiger partial charge < -0.3 is 10.0 Å². The summed E-state index contributed by atoms with van der Waals surface area (Å²) >= 11 is 0. The molecule has 0 saturated heterocycles. The summed E-state index contributed by atoms with van der Waals surface area (Å²) in [6, 6.07) is 23.7. The Hall–Kier alpha value is -2.82. The van der Waals surface area contributed by atoms with Gasteiger partial charge in [0, 0.05) is 24.8 Å². The Kier molecular flexibility index (Phi) is 6.07. The maximum absolute atomic E-state index is 13.1. The molecule has 0 saturated carbocycles. The molecule has 1 heterocycles. The van der Waals surface area contributed by atoms with Crippen molar-refractivity contribution in [3.05, 3.63) is 107 Å². The van der Waals surface area contributed by atoms with E-state index in [4.69, 9.17) is 0 Å². The molecule has 2 N–H and O–H groups in total. The smallest absolute Gasteiger partial charge is 0.164 e. The third-order valence-electron chi connectivity index (χ3n) is 6.07. The standard InChI is InChI=1S/C26H26FNO2/c27-23-14-12-21(13-15-23)25(29)11-6-17-28-18-16-20-7-4-5-10-24(20)26(30,19-28)22-8-2-1-3-9-22/h1-5,7-10,12-15,30H,6,11,16-19H2/p+1/t26-/m0/s1. The van der Waals surface area contributed by atoms with Gasteiger partial charge in [0.25, 0.3) is 0 Å². The molecule has 0 aliphatic carbocycles. The molecule has 2 atom stereocenters. The normalized spacial score (nSPS) is 20.9. The van der Waals surface area contributed by atoms with E-state index in [1.54, 1.807) is 12.1 Å². The number of aliphatic hydroxyl groups is 1. The first-order valence-corrected chi connectivity index (χ1v) is 10.5. The molecule has 3 aromatic rings. The molecule has 30 heavy (non-hydrogen) atoms. The lowest BCUT2D eigenvalue weighted by molar-refractivity contribution is -0.905. The van der Waals surface area contributed by atoms with E-state index in [1.807, 2.05) is 48.5 Å². The van der Waals surface area contributed by atoms with Crippen LogP contribution in [-0.4, -0.2) is 30.5 Å². The fourth-order valence-electron chi connectivity index (χ4n) is 4.46. The summed E-state index contributed by atoms with van der Waals surface area (Å²) < 4.78 is 13.1. The number of Topliss-reactive ketones (excluding diaryl/α,β-unsaturated/α-hetero) is 1. The van der Waals surface area contributed by atoms with Crippen molar-refractivity contribution in [1.82, 2.24) is 0 Å². The van der Waals surface area contributed by atoms with Crippen molar-refractivity contribution in [2.24, 2.45) is 0 Å². The summed E-state index contributed by atoms with van der Waals surface area (Å²) in [6.07, 6.45) is 2.05. The summed E-state index contributed by atoms with van der Waals surface area (Å²) in [5.41, 5.74) is 2.56. The number of benzene rings is 3. The molecule has 0 fully saturated rings. The molecule has 4 heteroatoms. The molecule has 0 bridgehead atoms. The number of nitrogens with one attached hydrogen (secondary N) is 1. The van der Waals surface area contributed by atoms with Crippen molar-refractivity contribution in [1.29, 1.82) is 0 Å². The second-order valence-corrected chi connectivity index (χ2v) is 8.09. The number of rotatable bonds is 6. The summed E-state index contributed by atoms with van der Waals surface area (Å²) in [6.45, 7) is 2.28. The summed E-state index contributed by atoms with van der Waals surface area (Å²) in [5.74, 6) is -0.300. The van der Waals surface area contributed by atoms with E-state index >= 15 is 0 Å². The Morgan fingerprint density at radius 3 is 2.43 bits per heavy atom. The highest BCUT2D eigenvalue weighted by atomic mass is 19.1. The van der Waals surface area contributed by atoms with Crippen LogP contribution >= 0.6 is 0 Å². The highest BCUT2D eigenvalue weighted by Gasteiger charge is 2.39. The second kappa shape index (κ2) is 8.90. The van der Waals surface area contributed by atoms with Gasteiger partial charge in [-0.1, -0.05) is 54.6 Å². The number of quaternary nitrogens is 1. The van der Waals surface area contributed by atoms with E-state index in [9.17, 15) is 14.3 Å². The van der Waals surface area contributed by atoms with Crippen molar-refractivity contribution < 1.29 is 19.2 Å². The van der Waals surface area contributed by atoms with Crippen molar-refractivity contribution in [3.8, 4) is 0 Å². The fourth-order valence-corrected chi connectivity index (χ4v) is 4.46. The van der Waals surface area contributed by atoms with E-state index < -0.39 is 5.60 Å². The molecular formula is C26H27FNO2+. The van der Waals surface area contributed by atoms with Crippen LogP contribution in [0.3, 0.4) is 0 Å². The van der Waals surface area contributed by atoms with Crippen LogP contribution in [0.1, 0.15) is 39.9 Å². The molecule has 0 amide bonds. The highest BCUT2D eigenvalue weighted by Crippen LogP contribution is 2.32. The minimum absolute atomic E-state index is 0.0332. The molecule has 3 nitrogen and oxygen atoms in total. The Morgan fingerprint density at radius 1 is 0.967 bits per heavy atom. The first-order chi connectivity index (χ1) is 14.6. The Bertz CT molecular complexity index is 1000. The minimum Gasteiger partial charge on any atom is -0.375 e. The zero-order chi connectivity index (χ0) is 21.0. The largest absolute Gasteiger partial charge is 0.375 e. The lowest BCUT2D eigenvalue weighted by Gasteiger charge is -2.31. The molecule has 3 aromatic carbocycles. The van der Waals surface area contributed by atoms with Gasteiger partial charge in [0.2, 0.25) is 0 Å². The minimum atomic E-state index is -1.05. The monoisotopic (exact) mass is 404 g/mol. The molecule has 154 valence electrons. The van der Waals surface area contributed by atoms with Gasteiger partial charge in [-0.3, -0.25) is 4.79 Å². The van der Waals surface area contributed by atoms with Gasteiger partial charge >= 0.3 is 0 Å². The van der Waals surface area contributed by atoms with Crippen LogP contribution in [0.2, 0.25) is 0 Å². The van der Waals surface area contributed by atoms with Crippen molar-refractivity contribution in [3.63, 3.8) is 0 Å². The summed E-state index contributed by atoms with van der Waals surface area (Å²) in [4.78, 5) is 13.7. The van der Waals surface area contributed by atoms with Gasteiger partial charge in [-0.25, -0.2) is 4.39 Å². The van der Waals surface area contributed by atoms with E-state index in [0.29, 0.717) is 18.5 Å². The topological polar surface area (TPSA) is 41.7 Å². The first-order valence-electron chi connectivity index (χ1n) is 10.5. The average Bonchev–Trinajstić information content (AvgIpc) is 2.92. The van der Waals surface area contributed by atoms with E-state index in [0.717, 1.165) is 37.1 Å². The maximum atomic E-state index is 13.1. The first kappa shape index (κ1) is 20.5. The molecule has 0 aromatic heterocycles. The van der Waals surface area contributed by atoms with Crippen LogP contribution in [0.4, 0.5) is 4.39 Å². The Morgan fingerprint density at radius 2 is 1.67 bits per heavy atom. The zero-order valence-electron chi connectivity index (χ0n) is 17.0. The third kappa shape index (κ3) is 4.35. The van der Waals surface area contributed by atoms with Crippen LogP contribution in [0.25, 0.3) is 0 Å². The maximum Gasteiger partial charge on any atom is 0.164 e. The lowest BCUT2D eigenvalue weighted by atomic mass is 9.83. The Balaban J connectivity index is 1.48. The van der Waals surface area contributed by atoms with Gasteiger partial charge in [-0.2, -0.15) is 0 Å². The lowest BCUT2D eigenvalue weighted by Crippen LogP contribution is -3.13. The van der Waals surface area contributed by atoms with Crippen molar-refractivity contribution in [2.75, 3.05) is 19.6 Å². The second-order valence-electron chi connectivity index (χ2n) is 8.09. The van der Waals surface area contributed by atoms with Crippen LogP contribution in [0.15, 0.2) is 78.9 Å². The average molecular weight is 405 g/mol. The number of carbonyl (C=O) groups excluding carboxylic acids is 1. The van der Waals surface area contributed by atoms with Gasteiger partial charge in [0.15, 0.2) is 11.4 Å². The van der Waals surface area contributed by atoms with Gasteiger partial charge in [-0.15, -0.1) is 0 Å². The van der Waals surface area contributed by atoms with E-state index in [1.165, 1.54) is 22.6 Å². The molecule has 1 unspecified atom stereocenters. The third-order valence-corrected chi connectivity index (χ3v) is 6.07. The molecule has 1 aliphatic rings. The summed E-state index contributed by atoms with van der Waals surface area (Å²) in [5, 5.41) is 11.8. The van der Waals surface area contributed by atoms with Crippen LogP contribution in [0, 0.1) is 5.82 Å². The molecule has 4 rings (SSSR count). The number of halogens is 1. The summed E-state index contributed by atoms with van der Waals surface area (Å²) in [7, 11) is 0. The van der Waals surface area contributed by atoms with Gasteiger partial charge in [0.05, 0.1) is 13.1 Å². The number of ketones is 1. The van der Waals surface area contributed by atoms with Crippen LogP contribution < -0.4 is 4.90 Å². The fraction of sp³-hybridized carbons (Fsp3) is 0.269. The predicted molar refractivity (Wildman–Crippen MR) is 115 cm³/mol. The van der Waals surface area contributed by atoms with Crippen molar-refractivity contribution >= 4 is 5.78 Å². The number of carbonyl (C=O) groups is 1. The zero-order valence-corrected chi connectivity index (χ0v) is 17.0.